The number of hydrogen-bond donors (Lipinski definition) is 2. The minimum Gasteiger partial charge on any atom is -0.482 e. The predicted molar refractivity (Wildman–Crippen MR) is 95.6 cm³/mol. The molecule has 0 amide bonds. The van der Waals surface area contributed by atoms with E-state index in [0.29, 0.717) is 12.4 Å². The van der Waals surface area contributed by atoms with Gasteiger partial charge in [-0.05, 0) is 45.0 Å². The fourth-order valence-electron chi connectivity index (χ4n) is 2.29. The molecule has 8 nitrogen and oxygen atoms in total. The molecule has 0 saturated carbocycles. The van der Waals surface area contributed by atoms with E-state index in [2.05, 4.69) is 9.98 Å². The Labute approximate surface area is 146 Å². The molecule has 1 heterocycles. The summed E-state index contributed by atoms with van der Waals surface area (Å²) < 4.78 is 10.2. The fraction of sp³-hybridized carbons (Fsp3) is 0.400. The number of nitrogens with zero attached hydrogens (tertiary/aromatic N) is 3. The van der Waals surface area contributed by atoms with Crippen LogP contribution in [0.2, 0.25) is 0 Å². The van der Waals surface area contributed by atoms with E-state index in [1.807, 2.05) is 26.0 Å². The molecule has 9 heteroatoms. The van der Waals surface area contributed by atoms with E-state index in [0.717, 1.165) is 5.69 Å². The van der Waals surface area contributed by atoms with Crippen LogP contribution in [0.4, 0.5) is 5.69 Å². The number of esters is 1. The number of anilines is 1. The number of nitrogens with two attached hydrogens (primary N) is 2. The smallest absolute Gasteiger partial charge is 0.344 e. The van der Waals surface area contributed by atoms with Crippen molar-refractivity contribution in [3.8, 4) is 5.75 Å². The Morgan fingerprint density at radius 3 is 2.42 bits per heavy atom. The minimum absolute atomic E-state index is 0. The van der Waals surface area contributed by atoms with Gasteiger partial charge in [-0.3, -0.25) is 4.90 Å². The van der Waals surface area contributed by atoms with E-state index >= 15 is 0 Å². The van der Waals surface area contributed by atoms with Gasteiger partial charge in [-0.2, -0.15) is 4.99 Å². The number of carbonyl (C=O) groups excluding carboxylic acids is 1. The van der Waals surface area contributed by atoms with Crippen LogP contribution in [0.1, 0.15) is 20.8 Å². The van der Waals surface area contributed by atoms with Gasteiger partial charge >= 0.3 is 5.97 Å². The highest BCUT2D eigenvalue weighted by Gasteiger charge is 2.32. The van der Waals surface area contributed by atoms with Crippen LogP contribution in [-0.4, -0.2) is 36.8 Å². The maximum atomic E-state index is 11.3. The van der Waals surface area contributed by atoms with Crippen LogP contribution < -0.4 is 21.1 Å². The summed E-state index contributed by atoms with van der Waals surface area (Å²) in [5, 5.41) is 0. The Balaban J connectivity index is 0.00000288. The SMILES string of the molecule is CCOC(=O)COc1ccc(N2C(N)=NC(N)=NC2(C)C)cc1.Cl. The zero-order chi connectivity index (χ0) is 17.0. The Kier molecular flexibility index (Phi) is 6.42. The summed E-state index contributed by atoms with van der Waals surface area (Å²) in [4.78, 5) is 21.3. The van der Waals surface area contributed by atoms with Gasteiger partial charge < -0.3 is 20.9 Å². The van der Waals surface area contributed by atoms with Crippen molar-refractivity contribution in [2.75, 3.05) is 18.1 Å². The lowest BCUT2D eigenvalue weighted by atomic mass is 10.1. The highest BCUT2D eigenvalue weighted by molar-refractivity contribution is 6.05. The van der Waals surface area contributed by atoms with Crippen LogP contribution in [0, 0.1) is 0 Å². The summed E-state index contributed by atoms with van der Waals surface area (Å²) in [7, 11) is 0. The summed E-state index contributed by atoms with van der Waals surface area (Å²) in [6.07, 6.45) is 0. The second-order valence-electron chi connectivity index (χ2n) is 5.36. The third-order valence-electron chi connectivity index (χ3n) is 3.15. The van der Waals surface area contributed by atoms with E-state index in [-0.39, 0.29) is 30.9 Å². The van der Waals surface area contributed by atoms with Crippen LogP contribution >= 0.6 is 12.4 Å². The standard InChI is InChI=1S/C15H21N5O3.ClH/c1-4-22-12(21)9-23-11-7-5-10(6-8-11)20-14(17)18-13(16)19-15(20,2)3;/h5-8H,4,9H2,1-3H3,(H4,16,17,18,19);1H. The number of hydrogen-bond acceptors (Lipinski definition) is 8. The van der Waals surface area contributed by atoms with Crippen molar-refractivity contribution < 1.29 is 14.3 Å². The lowest BCUT2D eigenvalue weighted by Crippen LogP contribution is -2.54. The van der Waals surface area contributed by atoms with Gasteiger partial charge in [0.25, 0.3) is 0 Å². The van der Waals surface area contributed by atoms with Crippen molar-refractivity contribution in [2.24, 2.45) is 21.5 Å². The van der Waals surface area contributed by atoms with Gasteiger partial charge in [-0.1, -0.05) is 0 Å². The maximum absolute atomic E-state index is 11.3. The number of halogens is 1. The van der Waals surface area contributed by atoms with Crippen LogP contribution in [-0.2, 0) is 9.53 Å². The van der Waals surface area contributed by atoms with E-state index < -0.39 is 11.6 Å². The molecule has 0 radical (unpaired) electrons. The molecule has 0 unspecified atom stereocenters. The zero-order valence-electron chi connectivity index (χ0n) is 13.9. The second kappa shape index (κ2) is 7.87. The first-order chi connectivity index (χ1) is 10.8. The molecule has 0 atom stereocenters. The summed E-state index contributed by atoms with van der Waals surface area (Å²) >= 11 is 0. The molecule has 1 aliphatic rings. The number of aliphatic imine (C=N–C) groups is 2. The quantitative estimate of drug-likeness (QED) is 0.767. The van der Waals surface area contributed by atoms with Crippen molar-refractivity contribution in [1.82, 2.24) is 0 Å². The van der Waals surface area contributed by atoms with E-state index in [1.54, 1.807) is 24.0 Å². The minimum atomic E-state index is -0.650. The fourth-order valence-corrected chi connectivity index (χ4v) is 2.29. The molecule has 24 heavy (non-hydrogen) atoms. The molecule has 1 aromatic rings. The molecular formula is C15H22ClN5O3. The summed E-state index contributed by atoms with van der Waals surface area (Å²) in [5.41, 5.74) is 11.8. The monoisotopic (exact) mass is 355 g/mol. The van der Waals surface area contributed by atoms with E-state index in [1.165, 1.54) is 0 Å². The summed E-state index contributed by atoms with van der Waals surface area (Å²) in [5.74, 6) is 0.561. The highest BCUT2D eigenvalue weighted by atomic mass is 35.5. The Bertz CT molecular complexity index is 643. The predicted octanol–water partition coefficient (Wildman–Crippen LogP) is 1.24. The van der Waals surface area contributed by atoms with Crippen molar-refractivity contribution >= 4 is 36.0 Å². The summed E-state index contributed by atoms with van der Waals surface area (Å²) in [6, 6.07) is 7.09. The number of guanidine groups is 2. The molecule has 1 aromatic carbocycles. The average Bonchev–Trinajstić information content (AvgIpc) is 2.44. The summed E-state index contributed by atoms with van der Waals surface area (Å²) in [6.45, 7) is 5.70. The van der Waals surface area contributed by atoms with Gasteiger partial charge in [0.05, 0.1) is 6.61 Å². The van der Waals surface area contributed by atoms with Crippen LogP contribution in [0.3, 0.4) is 0 Å². The van der Waals surface area contributed by atoms with Gasteiger partial charge in [-0.15, -0.1) is 12.4 Å². The molecule has 0 saturated heterocycles. The topological polar surface area (TPSA) is 116 Å². The first kappa shape index (κ1) is 19.6. The van der Waals surface area contributed by atoms with Crippen molar-refractivity contribution in [1.29, 1.82) is 0 Å². The molecule has 132 valence electrons. The first-order valence-electron chi connectivity index (χ1n) is 7.21. The lowest BCUT2D eigenvalue weighted by molar-refractivity contribution is -0.145. The molecule has 0 aliphatic carbocycles. The van der Waals surface area contributed by atoms with Gasteiger partial charge in [0.15, 0.2) is 6.61 Å². The number of ether oxygens (including phenoxy) is 2. The highest BCUT2D eigenvalue weighted by Crippen LogP contribution is 2.28. The third-order valence-corrected chi connectivity index (χ3v) is 3.15. The van der Waals surface area contributed by atoms with Gasteiger partial charge in [0.1, 0.15) is 11.4 Å². The first-order valence-corrected chi connectivity index (χ1v) is 7.21. The molecule has 2 rings (SSSR count). The van der Waals surface area contributed by atoms with Crippen LogP contribution in [0.15, 0.2) is 34.3 Å². The molecule has 0 fully saturated rings. The van der Waals surface area contributed by atoms with Gasteiger partial charge in [0.2, 0.25) is 11.9 Å². The average molecular weight is 356 g/mol. The third kappa shape index (κ3) is 4.51. The largest absolute Gasteiger partial charge is 0.482 e. The maximum Gasteiger partial charge on any atom is 0.344 e. The van der Waals surface area contributed by atoms with Gasteiger partial charge in [0, 0.05) is 5.69 Å². The normalized spacial score (nSPS) is 15.7. The zero-order valence-corrected chi connectivity index (χ0v) is 14.7. The van der Waals surface area contributed by atoms with Gasteiger partial charge in [-0.25, -0.2) is 9.79 Å². The van der Waals surface area contributed by atoms with Crippen LogP contribution in [0.25, 0.3) is 0 Å². The van der Waals surface area contributed by atoms with Crippen molar-refractivity contribution in [3.05, 3.63) is 24.3 Å². The lowest BCUT2D eigenvalue weighted by Gasteiger charge is -2.38. The van der Waals surface area contributed by atoms with Crippen LogP contribution in [0.5, 0.6) is 5.75 Å². The molecule has 0 aromatic heterocycles. The molecule has 0 spiro atoms. The number of benzene rings is 1. The Hall–Kier alpha value is -2.48. The number of carbonyl (C=O) groups is 1. The number of rotatable bonds is 5. The second-order valence-corrected chi connectivity index (χ2v) is 5.36. The Morgan fingerprint density at radius 2 is 1.88 bits per heavy atom. The molecule has 0 bridgehead atoms. The molecular weight excluding hydrogens is 334 g/mol. The van der Waals surface area contributed by atoms with Crippen molar-refractivity contribution in [2.45, 2.75) is 26.4 Å². The molecule has 1 aliphatic heterocycles. The van der Waals surface area contributed by atoms with E-state index in [4.69, 9.17) is 20.9 Å². The van der Waals surface area contributed by atoms with Crippen molar-refractivity contribution in [3.63, 3.8) is 0 Å². The Morgan fingerprint density at radius 1 is 1.25 bits per heavy atom. The molecule has 4 N–H and O–H groups in total. The van der Waals surface area contributed by atoms with E-state index in [9.17, 15) is 4.79 Å².